The molecule has 0 aliphatic carbocycles. The van der Waals surface area contributed by atoms with Crippen LogP contribution in [0.25, 0.3) is 0 Å². The van der Waals surface area contributed by atoms with Gasteiger partial charge in [0, 0.05) is 45.6 Å². The van der Waals surface area contributed by atoms with Gasteiger partial charge in [0.2, 0.25) is 88.6 Å². The van der Waals surface area contributed by atoms with Gasteiger partial charge in [-0.1, -0.05) is 92.1 Å². The van der Waals surface area contributed by atoms with Gasteiger partial charge in [-0.05, 0) is 166 Å². The molecule has 3 rings (SSSR count). The number of carbonyl (C=O) groups is 17. The molecule has 47 nitrogen and oxygen atoms in total. The van der Waals surface area contributed by atoms with Crippen molar-refractivity contribution in [1.29, 1.82) is 0 Å². The van der Waals surface area contributed by atoms with Crippen molar-refractivity contribution in [3.63, 3.8) is 0 Å². The van der Waals surface area contributed by atoms with E-state index in [0.29, 0.717) is 44.2 Å². The molecule has 0 aromatic heterocycles. The molecule has 0 spiro atoms. The number of aliphatic imine (C=N–C) groups is 3. The van der Waals surface area contributed by atoms with Gasteiger partial charge in [-0.2, -0.15) is 0 Å². The van der Waals surface area contributed by atoms with E-state index in [0.717, 1.165) is 6.92 Å². The Kier molecular flexibility index (Phi) is 50.6. The lowest BCUT2D eigenvalue weighted by Gasteiger charge is -2.33. The van der Waals surface area contributed by atoms with E-state index < -0.39 is 222 Å². The van der Waals surface area contributed by atoms with Gasteiger partial charge in [-0.15, -0.1) is 0 Å². The Labute approximate surface area is 769 Å². The van der Waals surface area contributed by atoms with Gasteiger partial charge in [0.15, 0.2) is 17.9 Å². The number of carboxylic acid groups (broad SMARTS) is 2. The normalized spacial score (nSPS) is 17.2. The number of aliphatic carboxylic acids is 2. The minimum Gasteiger partial charge on any atom is -0.481 e. The largest absolute Gasteiger partial charge is 0.481 e. The van der Waals surface area contributed by atoms with Gasteiger partial charge in [-0.3, -0.25) is 91.7 Å². The highest BCUT2D eigenvalue weighted by atomic mass is 16.4. The van der Waals surface area contributed by atoms with Crippen LogP contribution in [-0.2, 0) is 87.9 Å². The van der Waals surface area contributed by atoms with Gasteiger partial charge < -0.3 is 145 Å². The van der Waals surface area contributed by atoms with E-state index in [-0.39, 0.29) is 158 Å². The Balaban J connectivity index is 1.91. The number of hydrogen-bond donors (Lipinski definition) is 25. The monoisotopic (exact) mass is 1870 g/mol. The topological polar surface area (TPSA) is 779 Å². The fourth-order valence-corrected chi connectivity index (χ4v) is 14.7. The van der Waals surface area contributed by atoms with Crippen molar-refractivity contribution in [1.82, 2.24) is 78.9 Å². The number of likely N-dealkylation sites (tertiary alicyclic amines) is 2. The molecule has 33 N–H and O–H groups in total. The number of aliphatic hydroxyl groups excluding tert-OH is 2. The van der Waals surface area contributed by atoms with Crippen LogP contribution in [0.5, 0.6) is 0 Å². The maximum absolute atomic E-state index is 15.0. The zero-order valence-corrected chi connectivity index (χ0v) is 77.7. The Morgan fingerprint density at radius 2 is 0.795 bits per heavy atom. The molecule has 15 amide bonds. The molecule has 2 aliphatic rings. The van der Waals surface area contributed by atoms with Crippen molar-refractivity contribution >= 4 is 118 Å². The number of guanidine groups is 3. The van der Waals surface area contributed by atoms with Gasteiger partial charge in [0.05, 0.1) is 18.8 Å². The molecule has 2 aliphatic heterocycles. The first-order chi connectivity index (χ1) is 62.1. The van der Waals surface area contributed by atoms with E-state index in [2.05, 4.69) is 84.1 Å². The van der Waals surface area contributed by atoms with Crippen LogP contribution in [0.15, 0.2) is 45.3 Å². The number of unbranched alkanes of at least 4 members (excludes halogenated alkanes) is 1. The van der Waals surface area contributed by atoms with Crippen molar-refractivity contribution < 1.29 is 102 Å². The Morgan fingerprint density at radius 3 is 1.23 bits per heavy atom. The van der Waals surface area contributed by atoms with Crippen molar-refractivity contribution in [2.45, 2.75) is 307 Å². The summed E-state index contributed by atoms with van der Waals surface area (Å²) in [5.74, 6) is -18.2. The molecule has 47 heteroatoms. The predicted molar refractivity (Wildman–Crippen MR) is 488 cm³/mol. The molecule has 2 saturated heterocycles. The van der Waals surface area contributed by atoms with Crippen LogP contribution in [0.2, 0.25) is 0 Å². The van der Waals surface area contributed by atoms with E-state index in [1.165, 1.54) is 23.6 Å². The van der Waals surface area contributed by atoms with Crippen molar-refractivity contribution in [3.8, 4) is 0 Å². The van der Waals surface area contributed by atoms with Crippen LogP contribution in [0.1, 0.15) is 204 Å². The number of amides is 15. The SMILES string of the molecule is CC[C@H](C)[C@H](NC(=O)[C@H](Cc1ccccc1)NC(=O)[C@H](CCCN=C(N)N)NC(=O)[C@H](CC(C)C)NC(=O)[C@H](CCCN=C(N)N)NC(=O)[C@H](CO)NC(=O)[C@@H](NC(=O)[C@H](CC(C)C)NC(=O)[C@H](CC(C)C)NC(=O)[C@H](C)NC(=O)[C@@H]1CCCN1C(=O)[C@H](CCCN=C(N)N)NC(=O)[C@H](C)NC(=O)[C@@H](N)CCC(=O)O)[C@@H](C)O)C(=O)N1CCC[C@H]1C(=O)N[C@@H](CCCCN)C(=O)O. The van der Waals surface area contributed by atoms with Crippen LogP contribution in [0.3, 0.4) is 0 Å². The minimum absolute atomic E-state index is 0.0159. The number of carboxylic acids is 2. The standard InChI is InChI=1S/C85H146N26O21/c1-12-47(8)65(81(130)111-38-22-30-63(111)78(127)102-56(82(131)132)25-16-17-33-86)108-75(124)60(42-51-23-14-13-15-24-51)106-71(120)53(26-18-34-94-83(88)89)99-72(121)58(40-45(4)5)104-70(119)54(27-19-35-95-84(90)91)100-76(125)61(43-112)107-79(128)66(50(11)113)109-74(123)59(41-46(6)7)105-73(122)57(39-44(2)3)103-68(117)49(10)98-77(126)62-29-21-37-110(62)80(129)55(28-20-36-96-85(92)93)101-67(116)48(9)97-69(118)52(87)31-32-64(114)115/h13-15,23-24,44-50,52-63,65-66,112-113H,12,16-22,25-43,86-87H2,1-11H3,(H,97,118)(H,98,126)(H,99,121)(H,100,125)(H,101,116)(H,102,127)(H,103,117)(H,104,119)(H,105,122)(H,106,120)(H,107,128)(H,108,124)(H,109,123)(H,114,115)(H,131,132)(H4,88,89,94)(H4,90,91,95)(H4,92,93,96)/t47-,48-,49-,50+,52-,53-,54-,55-,56-,57-,58-,59-,60-,61-,62-,63-,65-,66-/m0/s1. The van der Waals surface area contributed by atoms with E-state index >= 15 is 0 Å². The second-order valence-corrected chi connectivity index (χ2v) is 34.8. The maximum Gasteiger partial charge on any atom is 0.326 e. The fourth-order valence-electron chi connectivity index (χ4n) is 14.7. The van der Waals surface area contributed by atoms with Crippen LogP contribution in [-0.4, -0.2) is 297 Å². The average molecular weight is 1870 g/mol. The minimum atomic E-state index is -1.94. The molecule has 2 heterocycles. The number of benzene rings is 1. The van der Waals surface area contributed by atoms with E-state index in [1.807, 2.05) is 0 Å². The molecule has 742 valence electrons. The molecular weight excluding hydrogens is 1720 g/mol. The number of rotatable bonds is 60. The lowest BCUT2D eigenvalue weighted by Crippen LogP contribution is -2.62. The van der Waals surface area contributed by atoms with Gasteiger partial charge in [0.1, 0.15) is 90.6 Å². The molecule has 2 fully saturated rings. The molecule has 132 heavy (non-hydrogen) atoms. The Morgan fingerprint density at radius 1 is 0.417 bits per heavy atom. The van der Waals surface area contributed by atoms with Crippen LogP contribution in [0.4, 0.5) is 0 Å². The Bertz CT molecular complexity index is 4090. The van der Waals surface area contributed by atoms with Crippen molar-refractivity contribution in [3.05, 3.63) is 35.9 Å². The van der Waals surface area contributed by atoms with Crippen LogP contribution >= 0.6 is 0 Å². The third-order valence-corrected chi connectivity index (χ3v) is 22.1. The lowest BCUT2D eigenvalue weighted by molar-refractivity contribution is -0.145. The summed E-state index contributed by atoms with van der Waals surface area (Å²) in [5, 5.41) is 74.5. The summed E-state index contributed by atoms with van der Waals surface area (Å²) in [6.45, 7) is 16.8. The maximum atomic E-state index is 15.0. The third kappa shape index (κ3) is 40.7. The molecule has 0 bridgehead atoms. The summed E-state index contributed by atoms with van der Waals surface area (Å²) in [4.78, 5) is 252. The molecule has 0 saturated carbocycles. The first kappa shape index (κ1) is 114. The number of nitrogens with zero attached hydrogens (tertiary/aromatic N) is 5. The van der Waals surface area contributed by atoms with Crippen molar-refractivity contribution in [2.75, 3.05) is 45.9 Å². The highest BCUT2D eigenvalue weighted by Crippen LogP contribution is 2.25. The number of aliphatic hydroxyl groups is 2. The quantitative estimate of drug-likeness (QED) is 0.0164. The number of nitrogens with two attached hydrogens (primary N) is 8. The summed E-state index contributed by atoms with van der Waals surface area (Å²) in [6, 6.07) is -14.2. The zero-order valence-electron chi connectivity index (χ0n) is 77.7. The Hall–Kier alpha value is -12.1. The lowest BCUT2D eigenvalue weighted by atomic mass is 9.96. The molecule has 0 radical (unpaired) electrons. The average Bonchev–Trinajstić information content (AvgIpc) is 1.65. The summed E-state index contributed by atoms with van der Waals surface area (Å²) in [6.07, 6.45) is -0.645. The number of carbonyl (C=O) groups excluding carboxylic acids is 15. The predicted octanol–water partition coefficient (Wildman–Crippen LogP) is -6.32. The van der Waals surface area contributed by atoms with Gasteiger partial charge in [-0.25, -0.2) is 4.79 Å². The second kappa shape index (κ2) is 58.6. The number of nitrogens with one attached hydrogen (secondary N) is 13. The van der Waals surface area contributed by atoms with E-state index in [1.54, 1.807) is 85.7 Å². The highest BCUT2D eigenvalue weighted by molar-refractivity contribution is 6.01. The van der Waals surface area contributed by atoms with Gasteiger partial charge in [0.25, 0.3) is 0 Å². The molecule has 1 aromatic rings. The zero-order chi connectivity index (χ0) is 99.3. The first-order valence-corrected chi connectivity index (χ1v) is 45.1. The molecule has 0 unspecified atom stereocenters. The summed E-state index contributed by atoms with van der Waals surface area (Å²) in [7, 11) is 0. The number of hydrogen-bond acceptors (Lipinski definition) is 24. The molecule has 18 atom stereocenters. The summed E-state index contributed by atoms with van der Waals surface area (Å²) >= 11 is 0. The second-order valence-electron chi connectivity index (χ2n) is 34.8. The first-order valence-electron chi connectivity index (χ1n) is 45.1. The van der Waals surface area contributed by atoms with E-state index in [9.17, 15) is 96.8 Å². The molecule has 1 aromatic carbocycles. The van der Waals surface area contributed by atoms with Crippen molar-refractivity contribution in [2.24, 2.45) is 84.5 Å². The smallest absolute Gasteiger partial charge is 0.326 e. The summed E-state index contributed by atoms with van der Waals surface area (Å²) < 4.78 is 0. The summed E-state index contributed by atoms with van der Waals surface area (Å²) in [5.41, 5.74) is 45.5. The van der Waals surface area contributed by atoms with E-state index in [4.69, 9.17) is 51.0 Å². The van der Waals surface area contributed by atoms with Crippen LogP contribution in [0, 0.1) is 23.7 Å². The fraction of sp³-hybridized carbons (Fsp3) is 0.694. The van der Waals surface area contributed by atoms with Gasteiger partial charge >= 0.3 is 11.9 Å². The third-order valence-electron chi connectivity index (χ3n) is 22.1. The highest BCUT2D eigenvalue weighted by Gasteiger charge is 2.44. The molecular formula is C85H146N26O21. The van der Waals surface area contributed by atoms with Crippen LogP contribution < -0.4 is 115 Å².